The third-order valence-corrected chi connectivity index (χ3v) is 3.57. The highest BCUT2D eigenvalue weighted by molar-refractivity contribution is 6.34. The van der Waals surface area contributed by atoms with Crippen molar-refractivity contribution in [2.24, 2.45) is 0 Å². The zero-order valence-electron chi connectivity index (χ0n) is 12.0. The van der Waals surface area contributed by atoms with Gasteiger partial charge in [-0.3, -0.25) is 4.79 Å². The average molecular weight is 323 g/mol. The highest BCUT2D eigenvalue weighted by Crippen LogP contribution is 2.35. The van der Waals surface area contributed by atoms with Crippen LogP contribution >= 0.6 is 11.6 Å². The molecular formula is C15H15ClN2O4. The quantitative estimate of drug-likeness (QED) is 0.491. The van der Waals surface area contributed by atoms with E-state index in [1.807, 2.05) is 0 Å². The Bertz CT molecular complexity index is 701. The maximum atomic E-state index is 11.2. The van der Waals surface area contributed by atoms with E-state index in [4.69, 9.17) is 25.8 Å². The summed E-state index contributed by atoms with van der Waals surface area (Å²) >= 11 is 6.16. The molecule has 1 aromatic heterocycles. The summed E-state index contributed by atoms with van der Waals surface area (Å²) in [7, 11) is 0. The van der Waals surface area contributed by atoms with E-state index in [9.17, 15) is 4.79 Å². The van der Waals surface area contributed by atoms with Crippen LogP contribution < -0.4 is 9.47 Å². The molecule has 0 N–H and O–H groups in total. The van der Waals surface area contributed by atoms with Crippen LogP contribution in [0.1, 0.15) is 26.2 Å². The van der Waals surface area contributed by atoms with Gasteiger partial charge in [-0.15, -0.1) is 0 Å². The number of carbonyl (C=O) groups is 1. The van der Waals surface area contributed by atoms with Crippen LogP contribution in [0, 0.1) is 0 Å². The molecule has 6 nitrogen and oxygen atoms in total. The molecule has 22 heavy (non-hydrogen) atoms. The fourth-order valence-corrected chi connectivity index (χ4v) is 2.59. The van der Waals surface area contributed by atoms with Crippen molar-refractivity contribution in [1.82, 2.24) is 9.97 Å². The first kappa shape index (κ1) is 15.0. The molecule has 0 aliphatic carbocycles. The van der Waals surface area contributed by atoms with Gasteiger partial charge in [0.1, 0.15) is 23.0 Å². The first-order chi connectivity index (χ1) is 10.6. The molecule has 2 heterocycles. The van der Waals surface area contributed by atoms with E-state index in [0.29, 0.717) is 29.0 Å². The highest BCUT2D eigenvalue weighted by atomic mass is 35.5. The third-order valence-electron chi connectivity index (χ3n) is 3.29. The van der Waals surface area contributed by atoms with Gasteiger partial charge in [0.25, 0.3) is 0 Å². The standard InChI is InChI=1S/C15H15ClN2O4/c1-9(19)21-10-6-11-14(15(16)18-8-17-11)12(7-10)22-13-4-2-3-5-20-13/h6-8,13H,2-5H2,1H3. The largest absolute Gasteiger partial charge is 0.464 e. The van der Waals surface area contributed by atoms with Gasteiger partial charge in [0, 0.05) is 25.5 Å². The van der Waals surface area contributed by atoms with Gasteiger partial charge in [-0.1, -0.05) is 11.6 Å². The molecule has 2 aromatic rings. The maximum Gasteiger partial charge on any atom is 0.308 e. The molecule has 1 fully saturated rings. The fourth-order valence-electron chi connectivity index (χ4n) is 2.36. The number of halogens is 1. The van der Waals surface area contributed by atoms with E-state index >= 15 is 0 Å². The Labute approximate surface area is 132 Å². The summed E-state index contributed by atoms with van der Waals surface area (Å²) < 4.78 is 16.6. The van der Waals surface area contributed by atoms with Crippen molar-refractivity contribution >= 4 is 28.5 Å². The predicted octanol–water partition coefficient (Wildman–Crippen LogP) is 3.11. The van der Waals surface area contributed by atoms with Gasteiger partial charge < -0.3 is 14.2 Å². The van der Waals surface area contributed by atoms with Crippen LogP contribution in [0.15, 0.2) is 18.5 Å². The molecule has 1 atom stereocenters. The minimum absolute atomic E-state index is 0.283. The lowest BCUT2D eigenvalue weighted by Crippen LogP contribution is -2.25. The second-order valence-electron chi connectivity index (χ2n) is 4.99. The molecule has 1 aliphatic rings. The van der Waals surface area contributed by atoms with Crippen LogP contribution in [0.4, 0.5) is 0 Å². The number of benzene rings is 1. The summed E-state index contributed by atoms with van der Waals surface area (Å²) in [5.41, 5.74) is 0.546. The minimum atomic E-state index is -0.417. The Morgan fingerprint density at radius 1 is 1.36 bits per heavy atom. The van der Waals surface area contributed by atoms with E-state index in [-0.39, 0.29) is 11.4 Å². The van der Waals surface area contributed by atoms with Crippen LogP contribution in [-0.2, 0) is 9.53 Å². The highest BCUT2D eigenvalue weighted by Gasteiger charge is 2.19. The Kier molecular flexibility index (Phi) is 4.40. The summed E-state index contributed by atoms with van der Waals surface area (Å²) in [5, 5.41) is 0.861. The summed E-state index contributed by atoms with van der Waals surface area (Å²) in [4.78, 5) is 19.3. The summed E-state index contributed by atoms with van der Waals surface area (Å²) in [5.74, 6) is 0.381. The van der Waals surface area contributed by atoms with Gasteiger partial charge >= 0.3 is 5.97 Å². The van der Waals surface area contributed by atoms with Crippen molar-refractivity contribution < 1.29 is 19.0 Å². The van der Waals surface area contributed by atoms with Crippen molar-refractivity contribution in [3.8, 4) is 11.5 Å². The average Bonchev–Trinajstić information content (AvgIpc) is 2.47. The van der Waals surface area contributed by atoms with Crippen LogP contribution in [0.5, 0.6) is 11.5 Å². The van der Waals surface area contributed by atoms with Crippen LogP contribution in [-0.4, -0.2) is 28.8 Å². The molecular weight excluding hydrogens is 308 g/mol. The first-order valence-electron chi connectivity index (χ1n) is 7.04. The number of aromatic nitrogens is 2. The first-order valence-corrected chi connectivity index (χ1v) is 7.42. The number of rotatable bonds is 3. The second-order valence-corrected chi connectivity index (χ2v) is 5.35. The van der Waals surface area contributed by atoms with E-state index in [0.717, 1.165) is 19.3 Å². The van der Waals surface area contributed by atoms with Crippen molar-refractivity contribution in [3.63, 3.8) is 0 Å². The van der Waals surface area contributed by atoms with Crippen molar-refractivity contribution in [2.75, 3.05) is 6.61 Å². The Hall–Kier alpha value is -1.92. The van der Waals surface area contributed by atoms with Crippen molar-refractivity contribution in [2.45, 2.75) is 32.5 Å². The summed E-state index contributed by atoms with van der Waals surface area (Å²) in [6.07, 6.45) is 3.86. The Balaban J connectivity index is 2.01. The Morgan fingerprint density at radius 3 is 2.95 bits per heavy atom. The monoisotopic (exact) mass is 322 g/mol. The van der Waals surface area contributed by atoms with Crippen molar-refractivity contribution in [3.05, 3.63) is 23.6 Å². The lowest BCUT2D eigenvalue weighted by atomic mass is 10.2. The number of hydrogen-bond acceptors (Lipinski definition) is 6. The number of ether oxygens (including phenoxy) is 3. The predicted molar refractivity (Wildman–Crippen MR) is 80.1 cm³/mol. The molecule has 1 aromatic carbocycles. The maximum absolute atomic E-state index is 11.2. The number of hydrogen-bond donors (Lipinski definition) is 0. The lowest BCUT2D eigenvalue weighted by Gasteiger charge is -2.24. The third kappa shape index (κ3) is 3.28. The molecule has 7 heteroatoms. The van der Waals surface area contributed by atoms with Gasteiger partial charge in [0.05, 0.1) is 17.5 Å². The number of esters is 1. The van der Waals surface area contributed by atoms with E-state index in [1.165, 1.54) is 13.3 Å². The zero-order valence-corrected chi connectivity index (χ0v) is 12.8. The van der Waals surface area contributed by atoms with Crippen molar-refractivity contribution in [1.29, 1.82) is 0 Å². The molecule has 0 radical (unpaired) electrons. The Morgan fingerprint density at radius 2 is 2.23 bits per heavy atom. The van der Waals surface area contributed by atoms with E-state index < -0.39 is 5.97 Å². The van der Waals surface area contributed by atoms with Gasteiger partial charge in [-0.25, -0.2) is 9.97 Å². The molecule has 1 unspecified atom stereocenters. The molecule has 0 saturated carbocycles. The zero-order chi connectivity index (χ0) is 15.5. The van der Waals surface area contributed by atoms with Crippen LogP contribution in [0.25, 0.3) is 10.9 Å². The fraction of sp³-hybridized carbons (Fsp3) is 0.400. The number of nitrogens with zero attached hydrogens (tertiary/aromatic N) is 2. The molecule has 1 aliphatic heterocycles. The molecule has 0 amide bonds. The van der Waals surface area contributed by atoms with Gasteiger partial charge in [0.15, 0.2) is 6.29 Å². The van der Waals surface area contributed by atoms with E-state index in [2.05, 4.69) is 9.97 Å². The van der Waals surface area contributed by atoms with Gasteiger partial charge in [-0.2, -0.15) is 0 Å². The smallest absolute Gasteiger partial charge is 0.308 e. The molecule has 3 rings (SSSR count). The minimum Gasteiger partial charge on any atom is -0.464 e. The normalized spacial score (nSPS) is 18.2. The summed E-state index contributed by atoms with van der Waals surface area (Å²) in [6.45, 7) is 2.00. The molecule has 0 bridgehead atoms. The number of carbonyl (C=O) groups excluding carboxylic acids is 1. The molecule has 0 spiro atoms. The van der Waals surface area contributed by atoms with Crippen LogP contribution in [0.2, 0.25) is 5.15 Å². The van der Waals surface area contributed by atoms with Crippen LogP contribution in [0.3, 0.4) is 0 Å². The lowest BCUT2D eigenvalue weighted by molar-refractivity contribution is -0.131. The second kappa shape index (κ2) is 6.46. The van der Waals surface area contributed by atoms with E-state index in [1.54, 1.807) is 12.1 Å². The van der Waals surface area contributed by atoms with Gasteiger partial charge in [0.2, 0.25) is 0 Å². The molecule has 1 saturated heterocycles. The molecule has 116 valence electrons. The summed E-state index contributed by atoms with van der Waals surface area (Å²) in [6, 6.07) is 3.23. The number of fused-ring (bicyclic) bond motifs is 1. The van der Waals surface area contributed by atoms with Gasteiger partial charge in [-0.05, 0) is 12.8 Å². The SMILES string of the molecule is CC(=O)Oc1cc(OC2CCCCO2)c2c(Cl)ncnc2c1. The topological polar surface area (TPSA) is 70.5 Å².